The van der Waals surface area contributed by atoms with Gasteiger partial charge in [0.05, 0.1) is 19.3 Å². The van der Waals surface area contributed by atoms with Gasteiger partial charge in [-0.2, -0.15) is 0 Å². The maximum atomic E-state index is 12.2. The average Bonchev–Trinajstić information content (AvgIpc) is 3.15. The highest BCUT2D eigenvalue weighted by molar-refractivity contribution is 5.69. The van der Waals surface area contributed by atoms with Crippen molar-refractivity contribution in [3.63, 3.8) is 0 Å². The largest absolute Gasteiger partial charge is 0.466 e. The van der Waals surface area contributed by atoms with Crippen molar-refractivity contribution < 1.29 is 23.8 Å². The molecule has 0 aliphatic rings. The zero-order valence-electron chi connectivity index (χ0n) is 36.7. The standard InChI is InChI=1S/C48H89NO5/c1-8-11-30-44(6)37-41-53-47(50)35-26-22-18-14-16-20-24-33-46(52-40-29-28-39-49(7)43(4)5)34-25-21-17-15-19-23-27-36-48(51)54-42-38-45(31-12-9-2)32-13-10-3/h31,43-46H,2,8,10-11,13-30,32-42H2,1,3-7H3. The third-order valence-electron chi connectivity index (χ3n) is 11.0. The molecule has 0 fully saturated rings. The summed E-state index contributed by atoms with van der Waals surface area (Å²) in [6.07, 6.45) is 33.7. The van der Waals surface area contributed by atoms with Crippen molar-refractivity contribution in [1.82, 2.24) is 4.90 Å². The first-order valence-corrected chi connectivity index (χ1v) is 23.0. The van der Waals surface area contributed by atoms with Crippen molar-refractivity contribution in [3.05, 3.63) is 24.1 Å². The SMILES string of the molecule is C=C=C=CC(CCCC)CCOC(=O)CCCCCCCCCC(CCCCCCCCCC(=O)OCCC(C)CCCC)OCCCCN(C)C(C)C. The van der Waals surface area contributed by atoms with E-state index >= 15 is 0 Å². The quantitative estimate of drug-likeness (QED) is 0.0352. The number of hydrogen-bond acceptors (Lipinski definition) is 6. The van der Waals surface area contributed by atoms with Gasteiger partial charge >= 0.3 is 11.9 Å². The van der Waals surface area contributed by atoms with Gasteiger partial charge in [-0.1, -0.05) is 141 Å². The minimum absolute atomic E-state index is 0.0149. The van der Waals surface area contributed by atoms with E-state index in [4.69, 9.17) is 14.2 Å². The molecule has 0 saturated carbocycles. The first-order chi connectivity index (χ1) is 26.2. The normalized spacial score (nSPS) is 13.0. The molecule has 0 aromatic heterocycles. The molecule has 6 heteroatoms. The van der Waals surface area contributed by atoms with Crippen LogP contribution < -0.4 is 0 Å². The van der Waals surface area contributed by atoms with Gasteiger partial charge in [0.25, 0.3) is 0 Å². The molecule has 0 aliphatic carbocycles. The van der Waals surface area contributed by atoms with Crippen LogP contribution in [0.2, 0.25) is 0 Å². The average molecular weight is 760 g/mol. The Balaban J connectivity index is 4.14. The summed E-state index contributed by atoms with van der Waals surface area (Å²) in [6, 6.07) is 0.595. The highest BCUT2D eigenvalue weighted by Crippen LogP contribution is 2.19. The Kier molecular flexibility index (Phi) is 38.1. The molecule has 0 rings (SSSR count). The van der Waals surface area contributed by atoms with Crippen LogP contribution in [0.3, 0.4) is 0 Å². The number of nitrogens with zero attached hydrogens (tertiary/aromatic N) is 1. The Labute approximate surface area is 335 Å². The van der Waals surface area contributed by atoms with E-state index < -0.39 is 0 Å². The van der Waals surface area contributed by atoms with Crippen LogP contribution in [-0.2, 0) is 23.8 Å². The van der Waals surface area contributed by atoms with Crippen LogP contribution in [0, 0.1) is 11.8 Å². The Morgan fingerprint density at radius 2 is 1.09 bits per heavy atom. The zero-order valence-corrected chi connectivity index (χ0v) is 36.7. The van der Waals surface area contributed by atoms with Gasteiger partial charge in [0, 0.05) is 25.5 Å². The summed E-state index contributed by atoms with van der Waals surface area (Å²) in [5, 5.41) is 0. The molecule has 316 valence electrons. The van der Waals surface area contributed by atoms with E-state index in [1.54, 1.807) is 0 Å². The smallest absolute Gasteiger partial charge is 0.305 e. The lowest BCUT2D eigenvalue weighted by atomic mass is 9.99. The molecule has 0 aromatic rings. The van der Waals surface area contributed by atoms with E-state index in [1.165, 1.54) is 109 Å². The van der Waals surface area contributed by atoms with Gasteiger partial charge in [0.1, 0.15) is 0 Å². The van der Waals surface area contributed by atoms with Crippen molar-refractivity contribution in [3.8, 4) is 0 Å². The fourth-order valence-electron chi connectivity index (χ4n) is 6.83. The van der Waals surface area contributed by atoms with E-state index in [0.717, 1.165) is 70.9 Å². The number of allylic oxidation sites excluding steroid dienone is 1. The number of rotatable bonds is 40. The van der Waals surface area contributed by atoms with Crippen LogP contribution in [0.4, 0.5) is 0 Å². The molecule has 0 amide bonds. The minimum atomic E-state index is -0.0576. The van der Waals surface area contributed by atoms with Gasteiger partial charge in [-0.05, 0) is 110 Å². The lowest BCUT2D eigenvalue weighted by molar-refractivity contribution is -0.145. The van der Waals surface area contributed by atoms with Crippen LogP contribution in [0.25, 0.3) is 0 Å². The lowest BCUT2D eigenvalue weighted by Crippen LogP contribution is -2.27. The molecule has 0 heterocycles. The number of hydrogen-bond donors (Lipinski definition) is 0. The van der Waals surface area contributed by atoms with Crippen LogP contribution in [0.15, 0.2) is 24.1 Å². The van der Waals surface area contributed by atoms with Gasteiger partial charge < -0.3 is 19.1 Å². The zero-order chi connectivity index (χ0) is 39.9. The van der Waals surface area contributed by atoms with Crippen molar-refractivity contribution >= 4 is 11.9 Å². The number of esters is 2. The van der Waals surface area contributed by atoms with E-state index in [0.29, 0.717) is 50.0 Å². The summed E-state index contributed by atoms with van der Waals surface area (Å²) in [7, 11) is 2.21. The highest BCUT2D eigenvalue weighted by Gasteiger charge is 2.11. The number of carbonyl (C=O) groups excluding carboxylic acids is 2. The molecular weight excluding hydrogens is 671 g/mol. The fourth-order valence-corrected chi connectivity index (χ4v) is 6.83. The van der Waals surface area contributed by atoms with Crippen LogP contribution in [0.5, 0.6) is 0 Å². The molecule has 54 heavy (non-hydrogen) atoms. The monoisotopic (exact) mass is 760 g/mol. The van der Waals surface area contributed by atoms with Gasteiger partial charge in [0.2, 0.25) is 0 Å². The third kappa shape index (κ3) is 35.8. The van der Waals surface area contributed by atoms with Crippen molar-refractivity contribution in [2.45, 2.75) is 227 Å². The third-order valence-corrected chi connectivity index (χ3v) is 11.0. The van der Waals surface area contributed by atoms with E-state index in [9.17, 15) is 9.59 Å². The summed E-state index contributed by atoms with van der Waals surface area (Å²) < 4.78 is 17.4. The van der Waals surface area contributed by atoms with Gasteiger partial charge in [0.15, 0.2) is 0 Å². The number of carbonyl (C=O) groups is 2. The van der Waals surface area contributed by atoms with E-state index in [2.05, 4.69) is 64.6 Å². The Bertz CT molecular complexity index is 937. The molecule has 6 nitrogen and oxygen atoms in total. The molecule has 3 atom stereocenters. The lowest BCUT2D eigenvalue weighted by Gasteiger charge is -2.21. The fraction of sp³-hybridized carbons (Fsp3) is 0.875. The molecule has 0 spiro atoms. The maximum Gasteiger partial charge on any atom is 0.305 e. The summed E-state index contributed by atoms with van der Waals surface area (Å²) in [4.78, 5) is 26.7. The second-order valence-electron chi connectivity index (χ2n) is 16.5. The molecule has 0 N–H and O–H groups in total. The first kappa shape index (κ1) is 52.2. The first-order valence-electron chi connectivity index (χ1n) is 23.0. The number of unbranched alkanes of at least 4 members (excludes halogenated alkanes) is 15. The molecule has 0 aliphatic heterocycles. The summed E-state index contributed by atoms with van der Waals surface area (Å²) >= 11 is 0. The predicted octanol–water partition coefficient (Wildman–Crippen LogP) is 13.5. The van der Waals surface area contributed by atoms with Crippen LogP contribution in [0.1, 0.15) is 214 Å². The second kappa shape index (κ2) is 39.4. The summed E-state index contributed by atoms with van der Waals surface area (Å²) in [5.41, 5.74) is 5.67. The minimum Gasteiger partial charge on any atom is -0.466 e. The molecule has 0 radical (unpaired) electrons. The second-order valence-corrected chi connectivity index (χ2v) is 16.5. The van der Waals surface area contributed by atoms with Crippen LogP contribution in [-0.4, -0.2) is 62.4 Å². The molecule has 0 aromatic carbocycles. The summed E-state index contributed by atoms with van der Waals surface area (Å²) in [6.45, 7) is 17.9. The van der Waals surface area contributed by atoms with Crippen molar-refractivity contribution in [2.75, 3.05) is 33.4 Å². The number of ether oxygens (including phenoxy) is 3. The van der Waals surface area contributed by atoms with Crippen molar-refractivity contribution in [2.24, 2.45) is 11.8 Å². The molecular formula is C48H89NO5. The Morgan fingerprint density at radius 1 is 0.593 bits per heavy atom. The molecule has 0 bridgehead atoms. The van der Waals surface area contributed by atoms with E-state index in [-0.39, 0.29) is 11.9 Å². The van der Waals surface area contributed by atoms with Gasteiger partial charge in [-0.15, -0.1) is 0 Å². The van der Waals surface area contributed by atoms with Crippen molar-refractivity contribution in [1.29, 1.82) is 0 Å². The topological polar surface area (TPSA) is 65.1 Å². The van der Waals surface area contributed by atoms with Crippen LogP contribution >= 0.6 is 0 Å². The van der Waals surface area contributed by atoms with E-state index in [1.807, 2.05) is 6.08 Å². The van der Waals surface area contributed by atoms with Gasteiger partial charge in [-0.25, -0.2) is 0 Å². The maximum absolute atomic E-state index is 12.2. The summed E-state index contributed by atoms with van der Waals surface area (Å²) in [5.74, 6) is 0.955. The predicted molar refractivity (Wildman–Crippen MR) is 230 cm³/mol. The highest BCUT2D eigenvalue weighted by atomic mass is 16.5. The Hall–Kier alpha value is -1.84. The molecule has 3 unspecified atom stereocenters. The molecule has 0 saturated heterocycles. The Morgan fingerprint density at radius 3 is 1.61 bits per heavy atom. The van der Waals surface area contributed by atoms with Gasteiger partial charge in [-0.3, -0.25) is 9.59 Å².